The molecule has 0 saturated carbocycles. The third-order valence-electron chi connectivity index (χ3n) is 11.7. The van der Waals surface area contributed by atoms with E-state index in [9.17, 15) is 0 Å². The van der Waals surface area contributed by atoms with Crippen LogP contribution < -0.4 is 4.90 Å². The van der Waals surface area contributed by atoms with Crippen molar-refractivity contribution in [2.45, 2.75) is 0 Å². The standard InChI is InChI=1S/C58H39NO/c1-2-12-43(13-3-1)54-18-9-10-20-56(54)59(50-35-30-42(31-36-50)46-32-37-53-47(38-46)27-26-44-14-4-6-16-51(44)53)49-33-28-41(29-34-49)40-22-24-45(25-23-40)52-17-7-8-19-55(52)58-39-48-15-5-11-21-57(48)60-58/h1-39H. The van der Waals surface area contributed by atoms with Gasteiger partial charge in [-0.1, -0.05) is 188 Å². The molecule has 0 atom stereocenters. The lowest BCUT2D eigenvalue weighted by atomic mass is 9.95. The summed E-state index contributed by atoms with van der Waals surface area (Å²) in [5.74, 6) is 0.877. The topological polar surface area (TPSA) is 16.4 Å². The number of hydrogen-bond donors (Lipinski definition) is 0. The maximum Gasteiger partial charge on any atom is 0.136 e. The predicted octanol–water partition coefficient (Wildman–Crippen LogP) is 16.5. The third kappa shape index (κ3) is 6.51. The van der Waals surface area contributed by atoms with Gasteiger partial charge in [0.2, 0.25) is 0 Å². The second kappa shape index (κ2) is 15.1. The van der Waals surface area contributed by atoms with Gasteiger partial charge in [-0.15, -0.1) is 0 Å². The number of anilines is 3. The number of furan rings is 1. The van der Waals surface area contributed by atoms with Gasteiger partial charge in [0.25, 0.3) is 0 Å². The molecule has 0 amide bonds. The van der Waals surface area contributed by atoms with E-state index in [1.807, 2.05) is 18.2 Å². The molecule has 0 bridgehead atoms. The minimum atomic E-state index is 0.877. The predicted molar refractivity (Wildman–Crippen MR) is 253 cm³/mol. The highest BCUT2D eigenvalue weighted by Crippen LogP contribution is 2.42. The molecule has 60 heavy (non-hydrogen) atoms. The molecule has 0 unspecified atom stereocenters. The Morgan fingerprint density at radius 2 is 0.783 bits per heavy atom. The van der Waals surface area contributed by atoms with Crippen molar-refractivity contribution in [3.05, 3.63) is 237 Å². The molecule has 10 aromatic carbocycles. The zero-order chi connectivity index (χ0) is 39.8. The van der Waals surface area contributed by atoms with Crippen LogP contribution in [-0.2, 0) is 0 Å². The van der Waals surface area contributed by atoms with Crippen molar-refractivity contribution < 1.29 is 4.42 Å². The van der Waals surface area contributed by atoms with Gasteiger partial charge in [-0.05, 0) is 109 Å². The summed E-state index contributed by atoms with van der Waals surface area (Å²) in [5.41, 5.74) is 14.6. The smallest absolute Gasteiger partial charge is 0.136 e. The van der Waals surface area contributed by atoms with Gasteiger partial charge in [0.05, 0.1) is 5.69 Å². The summed E-state index contributed by atoms with van der Waals surface area (Å²) in [7, 11) is 0. The number of para-hydroxylation sites is 2. The van der Waals surface area contributed by atoms with Crippen LogP contribution in [0.1, 0.15) is 0 Å². The van der Waals surface area contributed by atoms with Gasteiger partial charge in [0.1, 0.15) is 11.3 Å². The van der Waals surface area contributed by atoms with Crippen LogP contribution in [0, 0.1) is 0 Å². The monoisotopic (exact) mass is 765 g/mol. The first-order valence-electron chi connectivity index (χ1n) is 20.5. The van der Waals surface area contributed by atoms with Crippen LogP contribution in [0.2, 0.25) is 0 Å². The highest BCUT2D eigenvalue weighted by Gasteiger charge is 2.18. The largest absolute Gasteiger partial charge is 0.456 e. The summed E-state index contributed by atoms with van der Waals surface area (Å²) < 4.78 is 6.28. The Morgan fingerprint density at radius 1 is 0.283 bits per heavy atom. The summed E-state index contributed by atoms with van der Waals surface area (Å²) in [6, 6.07) is 84.8. The van der Waals surface area contributed by atoms with Gasteiger partial charge in [-0.3, -0.25) is 0 Å². The highest BCUT2D eigenvalue weighted by atomic mass is 16.3. The molecule has 0 aliphatic rings. The molecule has 0 fully saturated rings. The fraction of sp³-hybridized carbons (Fsp3) is 0. The van der Waals surface area contributed by atoms with E-state index in [1.165, 1.54) is 43.8 Å². The third-order valence-corrected chi connectivity index (χ3v) is 11.7. The SMILES string of the molecule is c1ccc(-c2ccccc2N(c2ccc(-c3ccc(-c4ccccc4-c4cc5ccccc5o4)cc3)cc2)c2ccc(-c3ccc4c(ccc5ccccc54)c3)cc2)cc1. The summed E-state index contributed by atoms with van der Waals surface area (Å²) in [4.78, 5) is 2.38. The van der Waals surface area contributed by atoms with Crippen LogP contribution in [0.3, 0.4) is 0 Å². The maximum atomic E-state index is 6.28. The van der Waals surface area contributed by atoms with E-state index in [0.29, 0.717) is 0 Å². The molecule has 282 valence electrons. The molecule has 0 aliphatic heterocycles. The number of benzene rings is 10. The molecule has 0 saturated heterocycles. The highest BCUT2D eigenvalue weighted by molar-refractivity contribution is 6.08. The van der Waals surface area contributed by atoms with Crippen molar-refractivity contribution in [2.24, 2.45) is 0 Å². The van der Waals surface area contributed by atoms with Crippen LogP contribution >= 0.6 is 0 Å². The van der Waals surface area contributed by atoms with Crippen LogP contribution in [0.4, 0.5) is 17.1 Å². The lowest BCUT2D eigenvalue weighted by molar-refractivity contribution is 0.632. The van der Waals surface area contributed by atoms with E-state index in [1.54, 1.807) is 0 Å². The summed E-state index contributed by atoms with van der Waals surface area (Å²) in [6.07, 6.45) is 0. The average Bonchev–Trinajstić information content (AvgIpc) is 3.77. The van der Waals surface area contributed by atoms with Gasteiger partial charge in [0, 0.05) is 27.9 Å². The Hall–Kier alpha value is -7.94. The molecule has 2 heteroatoms. The summed E-state index contributed by atoms with van der Waals surface area (Å²) >= 11 is 0. The normalized spacial score (nSPS) is 11.3. The van der Waals surface area contributed by atoms with Gasteiger partial charge in [-0.25, -0.2) is 0 Å². The number of rotatable bonds is 8. The Morgan fingerprint density at radius 3 is 1.52 bits per heavy atom. The molecule has 0 spiro atoms. The molecular weight excluding hydrogens is 727 g/mol. The van der Waals surface area contributed by atoms with Crippen molar-refractivity contribution in [3.63, 3.8) is 0 Å². The van der Waals surface area contributed by atoms with Crippen molar-refractivity contribution in [3.8, 4) is 55.8 Å². The first-order chi connectivity index (χ1) is 29.7. The lowest BCUT2D eigenvalue weighted by Gasteiger charge is -2.28. The minimum absolute atomic E-state index is 0.877. The van der Waals surface area contributed by atoms with Crippen molar-refractivity contribution in [2.75, 3.05) is 4.90 Å². The van der Waals surface area contributed by atoms with Crippen LogP contribution in [0.15, 0.2) is 241 Å². The van der Waals surface area contributed by atoms with Crippen molar-refractivity contribution in [1.29, 1.82) is 0 Å². The first kappa shape index (κ1) is 35.2. The molecule has 0 aliphatic carbocycles. The van der Waals surface area contributed by atoms with Crippen molar-refractivity contribution >= 4 is 49.6 Å². The van der Waals surface area contributed by atoms with Gasteiger partial charge >= 0.3 is 0 Å². The molecule has 2 nitrogen and oxygen atoms in total. The second-order valence-corrected chi connectivity index (χ2v) is 15.3. The Balaban J connectivity index is 0.932. The molecular formula is C58H39NO. The Kier molecular flexibility index (Phi) is 8.87. The van der Waals surface area contributed by atoms with Gasteiger partial charge in [0.15, 0.2) is 0 Å². The van der Waals surface area contributed by atoms with E-state index in [4.69, 9.17) is 4.42 Å². The van der Waals surface area contributed by atoms with Crippen LogP contribution in [0.5, 0.6) is 0 Å². The van der Waals surface area contributed by atoms with E-state index in [-0.39, 0.29) is 0 Å². The first-order valence-corrected chi connectivity index (χ1v) is 20.5. The van der Waals surface area contributed by atoms with E-state index in [0.717, 1.165) is 61.6 Å². The second-order valence-electron chi connectivity index (χ2n) is 15.3. The van der Waals surface area contributed by atoms with Crippen LogP contribution in [0.25, 0.3) is 88.3 Å². The van der Waals surface area contributed by atoms with E-state index < -0.39 is 0 Å². The number of nitrogens with zero attached hydrogens (tertiary/aromatic N) is 1. The number of fused-ring (bicyclic) bond motifs is 4. The Labute approximate surface area is 349 Å². The summed E-state index contributed by atoms with van der Waals surface area (Å²) in [5, 5.41) is 6.18. The van der Waals surface area contributed by atoms with Gasteiger partial charge in [-0.2, -0.15) is 0 Å². The average molecular weight is 766 g/mol. The van der Waals surface area contributed by atoms with E-state index >= 15 is 0 Å². The molecule has 11 rings (SSSR count). The quantitative estimate of drug-likeness (QED) is 0.143. The molecule has 11 aromatic rings. The van der Waals surface area contributed by atoms with E-state index in [2.05, 4.69) is 223 Å². The van der Waals surface area contributed by atoms with Crippen molar-refractivity contribution in [1.82, 2.24) is 0 Å². The maximum absolute atomic E-state index is 6.28. The number of hydrogen-bond acceptors (Lipinski definition) is 2. The van der Waals surface area contributed by atoms with Gasteiger partial charge < -0.3 is 9.32 Å². The molecule has 0 radical (unpaired) electrons. The molecule has 1 heterocycles. The summed E-state index contributed by atoms with van der Waals surface area (Å²) in [6.45, 7) is 0. The lowest BCUT2D eigenvalue weighted by Crippen LogP contribution is -2.11. The molecule has 1 aromatic heterocycles. The zero-order valence-corrected chi connectivity index (χ0v) is 32.9. The minimum Gasteiger partial charge on any atom is -0.456 e. The fourth-order valence-corrected chi connectivity index (χ4v) is 8.66. The van der Waals surface area contributed by atoms with Crippen LogP contribution in [-0.4, -0.2) is 0 Å². The molecule has 0 N–H and O–H groups in total. The Bertz CT molecular complexity index is 3260. The fourth-order valence-electron chi connectivity index (χ4n) is 8.66. The zero-order valence-electron chi connectivity index (χ0n) is 32.9.